The van der Waals surface area contributed by atoms with Gasteiger partial charge in [-0.1, -0.05) is 65.0 Å². The van der Waals surface area contributed by atoms with E-state index in [1.165, 1.54) is 4.90 Å². The molecule has 5 atom stereocenters. The minimum Gasteiger partial charge on any atom is -0.444 e. The van der Waals surface area contributed by atoms with Crippen LogP contribution in [0.3, 0.4) is 0 Å². The number of rotatable bonds is 9. The molecule has 1 saturated carbocycles. The van der Waals surface area contributed by atoms with Crippen LogP contribution in [0.4, 0.5) is 18.0 Å². The summed E-state index contributed by atoms with van der Waals surface area (Å²) in [5.74, 6) is -4.84. The SMILES string of the molecule is CC(C)(C)OC(=O)N[C@H](C(=O)N1C[C@H]2[C@@H]([C@H]1C(=O)NC(CC(F)(F)F)C(=O)C(=O)NCc1ccccc1)C2(C)C)C(C)(C)C. The Labute approximate surface area is 255 Å². The summed E-state index contributed by atoms with van der Waals surface area (Å²) >= 11 is 0. The van der Waals surface area contributed by atoms with E-state index in [4.69, 9.17) is 4.74 Å². The number of carbonyl (C=O) groups is 5. The molecule has 1 aromatic carbocycles. The number of halogens is 3. The Hall–Kier alpha value is -3.64. The van der Waals surface area contributed by atoms with E-state index in [-0.39, 0.29) is 19.0 Å². The van der Waals surface area contributed by atoms with Gasteiger partial charge >= 0.3 is 12.3 Å². The summed E-state index contributed by atoms with van der Waals surface area (Å²) < 4.78 is 46.0. The summed E-state index contributed by atoms with van der Waals surface area (Å²) in [5.41, 5.74) is -1.45. The predicted molar refractivity (Wildman–Crippen MR) is 155 cm³/mol. The molecule has 0 bridgehead atoms. The summed E-state index contributed by atoms with van der Waals surface area (Å²) in [7, 11) is 0. The van der Waals surface area contributed by atoms with Crippen molar-refractivity contribution >= 4 is 29.6 Å². The molecule has 1 heterocycles. The second kappa shape index (κ2) is 12.4. The van der Waals surface area contributed by atoms with Crippen molar-refractivity contribution in [2.45, 2.75) is 98.3 Å². The molecule has 0 spiro atoms. The van der Waals surface area contributed by atoms with Crippen molar-refractivity contribution in [3.8, 4) is 0 Å². The third kappa shape index (κ3) is 8.50. The molecule has 1 aliphatic carbocycles. The lowest BCUT2D eigenvalue weighted by atomic mass is 9.85. The highest BCUT2D eigenvalue weighted by molar-refractivity contribution is 6.38. The maximum atomic E-state index is 13.9. The third-order valence-electron chi connectivity index (χ3n) is 8.12. The van der Waals surface area contributed by atoms with Gasteiger partial charge in [0.2, 0.25) is 17.6 Å². The number of nitrogens with one attached hydrogen (secondary N) is 3. The minimum absolute atomic E-state index is 0.0974. The maximum Gasteiger partial charge on any atom is 0.408 e. The fourth-order valence-electron chi connectivity index (χ4n) is 5.77. The first-order chi connectivity index (χ1) is 20.0. The molecule has 1 aliphatic heterocycles. The van der Waals surface area contributed by atoms with Gasteiger partial charge in [0.1, 0.15) is 23.7 Å². The van der Waals surface area contributed by atoms with Crippen LogP contribution in [-0.4, -0.2) is 70.9 Å². The Morgan fingerprint density at radius 3 is 2.09 bits per heavy atom. The van der Waals surface area contributed by atoms with Crippen LogP contribution in [0.2, 0.25) is 0 Å². The monoisotopic (exact) mass is 624 g/mol. The first kappa shape index (κ1) is 34.8. The molecule has 2 aliphatic rings. The molecule has 3 N–H and O–H groups in total. The van der Waals surface area contributed by atoms with Crippen LogP contribution in [0, 0.1) is 22.7 Å². The highest BCUT2D eigenvalue weighted by Gasteiger charge is 2.70. The molecular weight excluding hydrogens is 581 g/mol. The Balaban J connectivity index is 1.84. The number of carbonyl (C=O) groups excluding carboxylic acids is 5. The number of hydrogen-bond donors (Lipinski definition) is 3. The molecule has 3 rings (SSSR count). The fraction of sp³-hybridized carbons (Fsp3) is 0.645. The van der Waals surface area contributed by atoms with Gasteiger partial charge in [0, 0.05) is 13.1 Å². The molecular formula is C31H43F3N4O6. The molecule has 2 fully saturated rings. The summed E-state index contributed by atoms with van der Waals surface area (Å²) in [6.45, 7) is 14.0. The lowest BCUT2D eigenvalue weighted by Crippen LogP contribution is -2.61. The first-order valence-electron chi connectivity index (χ1n) is 14.6. The van der Waals surface area contributed by atoms with Crippen molar-refractivity contribution in [3.05, 3.63) is 35.9 Å². The molecule has 244 valence electrons. The lowest BCUT2D eigenvalue weighted by molar-refractivity contribution is -0.155. The van der Waals surface area contributed by atoms with Gasteiger partial charge in [0.25, 0.3) is 5.91 Å². The lowest BCUT2D eigenvalue weighted by Gasteiger charge is -2.38. The van der Waals surface area contributed by atoms with E-state index in [9.17, 15) is 37.1 Å². The molecule has 1 unspecified atom stereocenters. The van der Waals surface area contributed by atoms with Crippen LogP contribution >= 0.6 is 0 Å². The number of ether oxygens (including phenoxy) is 1. The van der Waals surface area contributed by atoms with Crippen molar-refractivity contribution in [1.29, 1.82) is 0 Å². The zero-order valence-corrected chi connectivity index (χ0v) is 26.4. The van der Waals surface area contributed by atoms with Gasteiger partial charge in [-0.15, -0.1) is 0 Å². The Morgan fingerprint density at radius 1 is 0.977 bits per heavy atom. The van der Waals surface area contributed by atoms with E-state index < -0.39 is 82.7 Å². The Morgan fingerprint density at radius 2 is 1.57 bits per heavy atom. The number of benzene rings is 1. The topological polar surface area (TPSA) is 134 Å². The summed E-state index contributed by atoms with van der Waals surface area (Å²) in [4.78, 5) is 67.0. The molecule has 1 aromatic rings. The number of alkyl halides is 3. The van der Waals surface area contributed by atoms with E-state index in [1.54, 1.807) is 71.9 Å². The van der Waals surface area contributed by atoms with Gasteiger partial charge < -0.3 is 25.6 Å². The van der Waals surface area contributed by atoms with Crippen LogP contribution in [0.1, 0.15) is 67.4 Å². The summed E-state index contributed by atoms with van der Waals surface area (Å²) in [6.07, 6.45) is -7.48. The smallest absolute Gasteiger partial charge is 0.408 e. The zero-order valence-electron chi connectivity index (χ0n) is 26.4. The van der Waals surface area contributed by atoms with Crippen LogP contribution in [0.5, 0.6) is 0 Å². The average Bonchev–Trinajstić information content (AvgIpc) is 3.20. The van der Waals surface area contributed by atoms with E-state index in [1.807, 2.05) is 13.8 Å². The second-order valence-corrected chi connectivity index (χ2v) is 14.2. The number of fused-ring (bicyclic) bond motifs is 1. The van der Waals surface area contributed by atoms with Gasteiger partial charge in [-0.3, -0.25) is 19.2 Å². The van der Waals surface area contributed by atoms with Gasteiger partial charge in [0.05, 0.1) is 6.42 Å². The van der Waals surface area contributed by atoms with Crippen molar-refractivity contribution < 1.29 is 41.9 Å². The summed E-state index contributed by atoms with van der Waals surface area (Å²) in [6, 6.07) is 3.92. The van der Waals surface area contributed by atoms with Crippen molar-refractivity contribution in [3.63, 3.8) is 0 Å². The molecule has 13 heteroatoms. The van der Waals surface area contributed by atoms with Gasteiger partial charge in [-0.05, 0) is 49.0 Å². The number of amides is 4. The summed E-state index contributed by atoms with van der Waals surface area (Å²) in [5, 5.41) is 7.05. The highest BCUT2D eigenvalue weighted by Crippen LogP contribution is 2.65. The largest absolute Gasteiger partial charge is 0.444 e. The van der Waals surface area contributed by atoms with E-state index in [2.05, 4.69) is 16.0 Å². The van der Waals surface area contributed by atoms with Crippen LogP contribution in [0.15, 0.2) is 30.3 Å². The van der Waals surface area contributed by atoms with E-state index in [0.29, 0.717) is 5.56 Å². The molecule has 0 aromatic heterocycles. The molecule has 0 radical (unpaired) electrons. The molecule has 10 nitrogen and oxygen atoms in total. The highest BCUT2D eigenvalue weighted by atomic mass is 19.4. The molecule has 44 heavy (non-hydrogen) atoms. The van der Waals surface area contributed by atoms with Gasteiger partial charge in [-0.25, -0.2) is 4.79 Å². The second-order valence-electron chi connectivity index (χ2n) is 14.2. The van der Waals surface area contributed by atoms with Crippen LogP contribution in [-0.2, 0) is 30.5 Å². The molecule has 4 amide bonds. The van der Waals surface area contributed by atoms with Crippen molar-refractivity contribution in [2.24, 2.45) is 22.7 Å². The van der Waals surface area contributed by atoms with E-state index in [0.717, 1.165) is 0 Å². The quantitative estimate of drug-likeness (QED) is 0.359. The fourth-order valence-corrected chi connectivity index (χ4v) is 5.77. The minimum atomic E-state index is -4.88. The number of piperidine rings is 1. The standard InChI is InChI=1S/C31H43F3N4O6/c1-28(2,3)23(37-27(43)44-29(4,5)6)26(42)38-16-18-20(30(18,7)8)21(38)24(40)36-19(14-31(32,33)34)22(39)25(41)35-15-17-12-10-9-11-13-17/h9-13,18-21,23H,14-16H2,1-8H3,(H,35,41)(H,36,40)(H,37,43)/t18-,19?,20-,21-,23+/m0/s1. The van der Waals surface area contributed by atoms with Crippen molar-refractivity contribution in [2.75, 3.05) is 6.54 Å². The Bertz CT molecular complexity index is 1270. The van der Waals surface area contributed by atoms with Gasteiger partial charge in [-0.2, -0.15) is 13.2 Å². The van der Waals surface area contributed by atoms with E-state index >= 15 is 0 Å². The number of hydrogen-bond acceptors (Lipinski definition) is 6. The number of ketones is 1. The normalized spacial score (nSPS) is 22.2. The van der Waals surface area contributed by atoms with Crippen LogP contribution < -0.4 is 16.0 Å². The third-order valence-corrected chi connectivity index (χ3v) is 8.12. The van der Waals surface area contributed by atoms with Gasteiger partial charge in [0.15, 0.2) is 0 Å². The van der Waals surface area contributed by atoms with Crippen molar-refractivity contribution in [1.82, 2.24) is 20.9 Å². The average molecular weight is 625 g/mol. The number of Topliss-reactive ketones (excluding diaryl/α,β-unsaturated/α-hetero) is 1. The number of likely N-dealkylation sites (tertiary alicyclic amines) is 1. The Kier molecular flexibility index (Phi) is 9.82. The maximum absolute atomic E-state index is 13.9. The number of nitrogens with zero attached hydrogens (tertiary/aromatic N) is 1. The first-order valence-corrected chi connectivity index (χ1v) is 14.6. The van der Waals surface area contributed by atoms with Crippen LogP contribution in [0.25, 0.3) is 0 Å². The molecule has 1 saturated heterocycles. The predicted octanol–water partition coefficient (Wildman–Crippen LogP) is 3.73. The number of alkyl carbamates (subject to hydrolysis) is 1. The zero-order chi connectivity index (χ0) is 33.4.